The first-order valence-electron chi connectivity index (χ1n) is 4.80. The molecule has 0 aliphatic carbocycles. The first-order valence-corrected chi connectivity index (χ1v) is 5.18. The van der Waals surface area contributed by atoms with E-state index in [1.807, 2.05) is 0 Å². The van der Waals surface area contributed by atoms with Crippen LogP contribution < -0.4 is 5.32 Å². The lowest BCUT2D eigenvalue weighted by Crippen LogP contribution is -2.38. The smallest absolute Gasteiger partial charge is 0.325 e. The SMILES string of the molecule is C[C@@H](NC(=O)c1cc([N+](=O)[O-])ccc1Cl)C(=O)O. The van der Waals surface area contributed by atoms with Crippen molar-refractivity contribution >= 4 is 29.2 Å². The number of nitrogens with one attached hydrogen (secondary N) is 1. The molecule has 0 fully saturated rings. The number of aliphatic carboxylic acids is 1. The van der Waals surface area contributed by atoms with Crippen LogP contribution in [0, 0.1) is 10.1 Å². The van der Waals surface area contributed by atoms with E-state index < -0.39 is 22.8 Å². The number of hydrogen-bond acceptors (Lipinski definition) is 4. The second kappa shape index (κ2) is 5.46. The summed E-state index contributed by atoms with van der Waals surface area (Å²) in [7, 11) is 0. The standard InChI is InChI=1S/C10H9ClN2O5/c1-5(10(15)16)12-9(14)7-4-6(13(17)18)2-3-8(7)11/h2-5H,1H3,(H,12,14)(H,15,16)/t5-/m1/s1. The van der Waals surface area contributed by atoms with Gasteiger partial charge in [-0.15, -0.1) is 0 Å². The molecule has 0 unspecified atom stereocenters. The van der Waals surface area contributed by atoms with Gasteiger partial charge in [0.05, 0.1) is 15.5 Å². The van der Waals surface area contributed by atoms with Crippen LogP contribution >= 0.6 is 11.6 Å². The molecule has 0 bridgehead atoms. The first-order chi connectivity index (χ1) is 8.32. The van der Waals surface area contributed by atoms with Crippen molar-refractivity contribution in [3.63, 3.8) is 0 Å². The van der Waals surface area contributed by atoms with Gasteiger partial charge < -0.3 is 10.4 Å². The molecule has 0 aromatic heterocycles. The van der Waals surface area contributed by atoms with Crippen molar-refractivity contribution in [2.24, 2.45) is 0 Å². The summed E-state index contributed by atoms with van der Waals surface area (Å²) in [6, 6.07) is 2.24. The van der Waals surface area contributed by atoms with Crippen LogP contribution in [0.3, 0.4) is 0 Å². The number of nitro benzene ring substituents is 1. The third-order valence-corrected chi connectivity index (χ3v) is 2.45. The Morgan fingerprint density at radius 1 is 1.50 bits per heavy atom. The van der Waals surface area contributed by atoms with Crippen molar-refractivity contribution in [3.8, 4) is 0 Å². The molecule has 0 aliphatic heterocycles. The zero-order chi connectivity index (χ0) is 13.9. The molecule has 8 heteroatoms. The molecule has 1 rings (SSSR count). The zero-order valence-electron chi connectivity index (χ0n) is 9.21. The minimum atomic E-state index is -1.22. The number of halogens is 1. The highest BCUT2D eigenvalue weighted by molar-refractivity contribution is 6.34. The number of carbonyl (C=O) groups excluding carboxylic acids is 1. The number of carboxylic acids is 1. The summed E-state index contributed by atoms with van der Waals surface area (Å²) >= 11 is 5.73. The molecular formula is C10H9ClN2O5. The molecule has 0 saturated heterocycles. The van der Waals surface area contributed by atoms with E-state index >= 15 is 0 Å². The molecule has 7 nitrogen and oxygen atoms in total. The largest absolute Gasteiger partial charge is 0.480 e. The highest BCUT2D eigenvalue weighted by Crippen LogP contribution is 2.21. The summed E-state index contributed by atoms with van der Waals surface area (Å²) in [5, 5.41) is 21.4. The number of amides is 1. The Morgan fingerprint density at radius 3 is 2.61 bits per heavy atom. The number of rotatable bonds is 4. The van der Waals surface area contributed by atoms with Gasteiger partial charge >= 0.3 is 5.97 Å². The lowest BCUT2D eigenvalue weighted by Gasteiger charge is -2.09. The quantitative estimate of drug-likeness (QED) is 0.637. The van der Waals surface area contributed by atoms with Crippen molar-refractivity contribution in [3.05, 3.63) is 38.9 Å². The van der Waals surface area contributed by atoms with E-state index in [4.69, 9.17) is 16.7 Å². The monoisotopic (exact) mass is 272 g/mol. The number of carbonyl (C=O) groups is 2. The maximum atomic E-state index is 11.7. The third kappa shape index (κ3) is 3.17. The van der Waals surface area contributed by atoms with Crippen LogP contribution in [0.1, 0.15) is 17.3 Å². The van der Waals surface area contributed by atoms with Gasteiger partial charge in [-0.05, 0) is 13.0 Å². The van der Waals surface area contributed by atoms with Crippen molar-refractivity contribution < 1.29 is 19.6 Å². The molecule has 1 aromatic rings. The van der Waals surface area contributed by atoms with Gasteiger partial charge in [0.1, 0.15) is 6.04 Å². The molecule has 2 N–H and O–H groups in total. The van der Waals surface area contributed by atoms with Crippen LogP contribution in [0.4, 0.5) is 5.69 Å². The minimum absolute atomic E-state index is 0.00990. The Bertz CT molecular complexity index is 517. The average molecular weight is 273 g/mol. The van der Waals surface area contributed by atoms with Crippen LogP contribution in [0.2, 0.25) is 5.02 Å². The molecule has 0 aliphatic rings. The van der Waals surface area contributed by atoms with E-state index in [0.717, 1.165) is 12.1 Å². The third-order valence-electron chi connectivity index (χ3n) is 2.12. The summed E-state index contributed by atoms with van der Waals surface area (Å²) in [5.41, 5.74) is -0.438. The van der Waals surface area contributed by atoms with Gasteiger partial charge in [-0.3, -0.25) is 19.7 Å². The predicted octanol–water partition coefficient (Wildman–Crippen LogP) is 1.45. The van der Waals surface area contributed by atoms with E-state index in [1.54, 1.807) is 0 Å². The normalized spacial score (nSPS) is 11.7. The molecule has 1 aromatic carbocycles. The maximum absolute atomic E-state index is 11.7. The highest BCUT2D eigenvalue weighted by atomic mass is 35.5. The maximum Gasteiger partial charge on any atom is 0.325 e. The molecule has 0 spiro atoms. The second-order valence-corrected chi connectivity index (χ2v) is 3.86. The van der Waals surface area contributed by atoms with Crippen LogP contribution in [-0.2, 0) is 4.79 Å². The van der Waals surface area contributed by atoms with Crippen molar-refractivity contribution in [2.75, 3.05) is 0 Å². The molecule has 0 saturated carbocycles. The van der Waals surface area contributed by atoms with Gasteiger partial charge in [0.25, 0.3) is 11.6 Å². The van der Waals surface area contributed by atoms with Gasteiger partial charge in [0, 0.05) is 12.1 Å². The topological polar surface area (TPSA) is 110 Å². The lowest BCUT2D eigenvalue weighted by atomic mass is 10.1. The van der Waals surface area contributed by atoms with Gasteiger partial charge in [0.2, 0.25) is 0 Å². The average Bonchev–Trinajstić information content (AvgIpc) is 2.28. The Morgan fingerprint density at radius 2 is 2.11 bits per heavy atom. The van der Waals surface area contributed by atoms with E-state index in [1.165, 1.54) is 13.0 Å². The van der Waals surface area contributed by atoms with Crippen molar-refractivity contribution in [1.29, 1.82) is 0 Å². The minimum Gasteiger partial charge on any atom is -0.480 e. The van der Waals surface area contributed by atoms with Crippen molar-refractivity contribution in [2.45, 2.75) is 13.0 Å². The lowest BCUT2D eigenvalue weighted by molar-refractivity contribution is -0.384. The Hall–Kier alpha value is -2.15. The summed E-state index contributed by atoms with van der Waals surface area (Å²) in [4.78, 5) is 32.1. The molecular weight excluding hydrogens is 264 g/mol. The summed E-state index contributed by atoms with van der Waals surface area (Å²) < 4.78 is 0. The van der Waals surface area contributed by atoms with Gasteiger partial charge in [-0.1, -0.05) is 11.6 Å². The van der Waals surface area contributed by atoms with Crippen LogP contribution in [0.25, 0.3) is 0 Å². The zero-order valence-corrected chi connectivity index (χ0v) is 9.97. The van der Waals surface area contributed by atoms with Gasteiger partial charge in [-0.2, -0.15) is 0 Å². The van der Waals surface area contributed by atoms with E-state index in [-0.39, 0.29) is 16.3 Å². The molecule has 0 radical (unpaired) electrons. The van der Waals surface area contributed by atoms with Gasteiger partial charge in [0.15, 0.2) is 0 Å². The number of nitrogens with zero attached hydrogens (tertiary/aromatic N) is 1. The first kappa shape index (κ1) is 13.9. The number of non-ortho nitro benzene ring substituents is 1. The number of hydrogen-bond donors (Lipinski definition) is 2. The number of benzene rings is 1. The van der Waals surface area contributed by atoms with Crippen molar-refractivity contribution in [1.82, 2.24) is 5.32 Å². The summed E-state index contributed by atoms with van der Waals surface area (Å²) in [6.07, 6.45) is 0. The summed E-state index contributed by atoms with van der Waals surface area (Å²) in [6.45, 7) is 1.27. The van der Waals surface area contributed by atoms with Crippen LogP contribution in [0.15, 0.2) is 18.2 Å². The second-order valence-electron chi connectivity index (χ2n) is 3.45. The van der Waals surface area contributed by atoms with Gasteiger partial charge in [-0.25, -0.2) is 0 Å². The Balaban J connectivity index is 3.01. The molecule has 0 heterocycles. The molecule has 96 valence electrons. The number of carboxylic acid groups (broad SMARTS) is 1. The Labute approximate surface area is 107 Å². The fourth-order valence-electron chi connectivity index (χ4n) is 1.14. The molecule has 1 amide bonds. The van der Waals surface area contributed by atoms with E-state index in [9.17, 15) is 19.7 Å². The van der Waals surface area contributed by atoms with Crippen LogP contribution in [0.5, 0.6) is 0 Å². The van der Waals surface area contributed by atoms with E-state index in [2.05, 4.69) is 5.32 Å². The van der Waals surface area contributed by atoms with E-state index in [0.29, 0.717) is 0 Å². The molecule has 18 heavy (non-hydrogen) atoms. The fourth-order valence-corrected chi connectivity index (χ4v) is 1.34. The fraction of sp³-hybridized carbons (Fsp3) is 0.200. The highest BCUT2D eigenvalue weighted by Gasteiger charge is 2.19. The Kier molecular flexibility index (Phi) is 4.22. The van der Waals surface area contributed by atoms with Crippen LogP contribution in [-0.4, -0.2) is 27.9 Å². The number of nitro groups is 1. The molecule has 1 atom stereocenters. The summed E-state index contributed by atoms with van der Waals surface area (Å²) in [5.74, 6) is -2.00. The predicted molar refractivity (Wildman–Crippen MR) is 62.7 cm³/mol.